The van der Waals surface area contributed by atoms with Crippen LogP contribution in [0.25, 0.3) is 0 Å². The third-order valence-electron chi connectivity index (χ3n) is 3.64. The van der Waals surface area contributed by atoms with Crippen LogP contribution in [0.1, 0.15) is 34.1 Å². The Balaban J connectivity index is 2.83. The smallest absolute Gasteiger partial charge is 0.218 e. The molecule has 96 valence electrons. The van der Waals surface area contributed by atoms with Gasteiger partial charge in [0.2, 0.25) is 10.0 Å². The molecule has 1 N–H and O–H groups in total. The maximum Gasteiger partial charge on any atom is 0.218 e. The Morgan fingerprint density at radius 1 is 1.38 bits per heavy atom. The van der Waals surface area contributed by atoms with Crippen molar-refractivity contribution in [1.29, 1.82) is 0 Å². The minimum absolute atomic E-state index is 0.0121. The highest BCUT2D eigenvalue weighted by atomic mass is 32.2. The first kappa shape index (κ1) is 13.9. The fraction of sp³-hybridized carbons (Fsp3) is 1.00. The molecule has 0 aromatic heterocycles. The molecule has 1 heterocycles. The van der Waals surface area contributed by atoms with Crippen LogP contribution in [0.15, 0.2) is 0 Å². The van der Waals surface area contributed by atoms with E-state index < -0.39 is 10.0 Å². The van der Waals surface area contributed by atoms with E-state index >= 15 is 0 Å². The molecule has 2 atom stereocenters. The molecule has 0 radical (unpaired) electrons. The van der Waals surface area contributed by atoms with E-state index in [9.17, 15) is 8.42 Å². The molecule has 0 aliphatic carbocycles. The van der Waals surface area contributed by atoms with Gasteiger partial charge in [0.05, 0.1) is 5.25 Å². The van der Waals surface area contributed by atoms with Crippen LogP contribution in [0.4, 0.5) is 0 Å². The lowest BCUT2D eigenvalue weighted by atomic mass is 9.88. The molecule has 4 nitrogen and oxygen atoms in total. The van der Waals surface area contributed by atoms with Crippen molar-refractivity contribution in [2.24, 2.45) is 5.41 Å². The molecule has 2 unspecified atom stereocenters. The molecule has 1 fully saturated rings. The van der Waals surface area contributed by atoms with E-state index in [0.29, 0.717) is 6.54 Å². The zero-order valence-corrected chi connectivity index (χ0v) is 11.8. The first-order valence-electron chi connectivity index (χ1n) is 5.85. The lowest BCUT2D eigenvalue weighted by Crippen LogP contribution is -2.47. The summed E-state index contributed by atoms with van der Waals surface area (Å²) in [6, 6.07) is 0.0121. The largest absolute Gasteiger partial charge is 0.315 e. The van der Waals surface area contributed by atoms with E-state index in [2.05, 4.69) is 26.1 Å². The molecule has 1 rings (SSSR count). The van der Waals surface area contributed by atoms with Gasteiger partial charge in [0.1, 0.15) is 0 Å². The minimum atomic E-state index is -3.15. The number of hydrogen-bond donors (Lipinski definition) is 1. The molecule has 1 aliphatic rings. The second-order valence-electron chi connectivity index (χ2n) is 5.72. The summed E-state index contributed by atoms with van der Waals surface area (Å²) >= 11 is 0. The van der Waals surface area contributed by atoms with Crippen LogP contribution in [0.2, 0.25) is 0 Å². The van der Waals surface area contributed by atoms with Crippen LogP contribution < -0.4 is 5.32 Å². The lowest BCUT2D eigenvalue weighted by molar-refractivity contribution is 0.215. The van der Waals surface area contributed by atoms with Crippen molar-refractivity contribution in [2.75, 3.05) is 20.1 Å². The number of sulfonamides is 1. The monoisotopic (exact) mass is 248 g/mol. The van der Waals surface area contributed by atoms with E-state index in [1.807, 2.05) is 6.92 Å². The lowest BCUT2D eigenvalue weighted by Gasteiger charge is -2.35. The first-order valence-corrected chi connectivity index (χ1v) is 7.35. The number of hydrogen-bond acceptors (Lipinski definition) is 3. The molecule has 16 heavy (non-hydrogen) atoms. The molecule has 0 spiro atoms. The van der Waals surface area contributed by atoms with Crippen LogP contribution in [-0.2, 0) is 10.0 Å². The highest BCUT2D eigenvalue weighted by molar-refractivity contribution is 7.89. The van der Waals surface area contributed by atoms with Gasteiger partial charge in [0, 0.05) is 19.6 Å². The van der Waals surface area contributed by atoms with Crippen molar-refractivity contribution in [3.05, 3.63) is 0 Å². The first-order chi connectivity index (χ1) is 7.17. The minimum Gasteiger partial charge on any atom is -0.315 e. The Kier molecular flexibility index (Phi) is 4.03. The summed E-state index contributed by atoms with van der Waals surface area (Å²) in [5, 5.41) is 2.86. The van der Waals surface area contributed by atoms with Crippen molar-refractivity contribution in [1.82, 2.24) is 9.62 Å². The van der Waals surface area contributed by atoms with E-state index in [4.69, 9.17) is 0 Å². The third kappa shape index (κ3) is 2.76. The summed E-state index contributed by atoms with van der Waals surface area (Å²) in [6.45, 7) is 9.56. The van der Waals surface area contributed by atoms with Gasteiger partial charge in [-0.1, -0.05) is 20.8 Å². The van der Waals surface area contributed by atoms with E-state index in [1.54, 1.807) is 11.4 Å². The van der Waals surface area contributed by atoms with Gasteiger partial charge in [0.25, 0.3) is 0 Å². The van der Waals surface area contributed by atoms with Crippen LogP contribution >= 0.6 is 0 Å². The van der Waals surface area contributed by atoms with Gasteiger partial charge in [-0.3, -0.25) is 0 Å². The SMILES string of the molecule is CC(N(C)S(=O)(=O)C1CCNC1)C(C)(C)C. The van der Waals surface area contributed by atoms with Crippen molar-refractivity contribution in [2.45, 2.75) is 45.4 Å². The summed E-state index contributed by atoms with van der Waals surface area (Å²) in [7, 11) is -1.45. The molecule has 5 heteroatoms. The van der Waals surface area contributed by atoms with Crippen molar-refractivity contribution in [3.63, 3.8) is 0 Å². The molecular formula is C11H24N2O2S. The zero-order valence-electron chi connectivity index (χ0n) is 10.9. The molecule has 1 saturated heterocycles. The van der Waals surface area contributed by atoms with Crippen LogP contribution in [0, 0.1) is 5.41 Å². The van der Waals surface area contributed by atoms with Gasteiger partial charge in [-0.2, -0.15) is 0 Å². The number of nitrogens with one attached hydrogen (secondary N) is 1. The summed E-state index contributed by atoms with van der Waals surface area (Å²) in [4.78, 5) is 0. The standard InChI is InChI=1S/C11H24N2O2S/c1-9(11(2,3)4)13(5)16(14,15)10-6-7-12-8-10/h9-10,12H,6-8H2,1-5H3. The van der Waals surface area contributed by atoms with Crippen molar-refractivity contribution < 1.29 is 8.42 Å². The quantitative estimate of drug-likeness (QED) is 0.812. The topological polar surface area (TPSA) is 49.4 Å². The normalized spacial score (nSPS) is 25.0. The molecule has 0 amide bonds. The predicted molar refractivity (Wildman–Crippen MR) is 66.9 cm³/mol. The average molecular weight is 248 g/mol. The van der Waals surface area contributed by atoms with Crippen LogP contribution in [0.5, 0.6) is 0 Å². The van der Waals surface area contributed by atoms with E-state index in [1.165, 1.54) is 0 Å². The Hall–Kier alpha value is -0.130. The van der Waals surface area contributed by atoms with Gasteiger partial charge in [-0.25, -0.2) is 12.7 Å². The fourth-order valence-corrected chi connectivity index (χ4v) is 3.85. The van der Waals surface area contributed by atoms with Gasteiger partial charge in [-0.15, -0.1) is 0 Å². The van der Waals surface area contributed by atoms with Crippen molar-refractivity contribution in [3.8, 4) is 0 Å². The zero-order chi connectivity index (χ0) is 12.6. The second kappa shape index (κ2) is 4.63. The predicted octanol–water partition coefficient (Wildman–Crippen LogP) is 1.04. The van der Waals surface area contributed by atoms with Gasteiger partial charge in [-0.05, 0) is 25.3 Å². The highest BCUT2D eigenvalue weighted by Crippen LogP contribution is 2.27. The molecule has 1 aliphatic heterocycles. The van der Waals surface area contributed by atoms with E-state index in [-0.39, 0.29) is 16.7 Å². The Labute approximate surface area is 99.5 Å². The van der Waals surface area contributed by atoms with Crippen LogP contribution in [-0.4, -0.2) is 44.2 Å². The molecule has 0 aromatic carbocycles. The maximum atomic E-state index is 12.3. The summed E-state index contributed by atoms with van der Waals surface area (Å²) in [6.07, 6.45) is 0.726. The van der Waals surface area contributed by atoms with Gasteiger partial charge >= 0.3 is 0 Å². The molecule has 0 saturated carbocycles. The maximum absolute atomic E-state index is 12.3. The summed E-state index contributed by atoms with van der Waals surface area (Å²) < 4.78 is 26.2. The molecule has 0 bridgehead atoms. The Morgan fingerprint density at radius 2 is 1.94 bits per heavy atom. The Bertz CT molecular complexity index is 326. The van der Waals surface area contributed by atoms with E-state index in [0.717, 1.165) is 13.0 Å². The average Bonchev–Trinajstić information content (AvgIpc) is 2.67. The van der Waals surface area contributed by atoms with Crippen molar-refractivity contribution >= 4 is 10.0 Å². The van der Waals surface area contributed by atoms with Gasteiger partial charge < -0.3 is 5.32 Å². The van der Waals surface area contributed by atoms with Gasteiger partial charge in [0.15, 0.2) is 0 Å². The van der Waals surface area contributed by atoms with Crippen LogP contribution in [0.3, 0.4) is 0 Å². The second-order valence-corrected chi connectivity index (χ2v) is 7.99. The molecule has 0 aromatic rings. The molecular weight excluding hydrogens is 224 g/mol. The third-order valence-corrected chi connectivity index (χ3v) is 6.00. The Morgan fingerprint density at radius 3 is 2.31 bits per heavy atom. The summed E-state index contributed by atoms with van der Waals surface area (Å²) in [5.74, 6) is 0. The number of rotatable bonds is 3. The highest BCUT2D eigenvalue weighted by Gasteiger charge is 2.37. The fourth-order valence-electron chi connectivity index (χ4n) is 1.88. The summed E-state index contributed by atoms with van der Waals surface area (Å²) in [5.41, 5.74) is -0.0339. The number of nitrogens with zero attached hydrogens (tertiary/aromatic N) is 1.